The average Bonchev–Trinajstić information content (AvgIpc) is 2.61. The molecule has 3 N–H and O–H groups in total. The maximum Gasteiger partial charge on any atom is 0.224 e. The number of primary amides is 1. The Bertz CT molecular complexity index is 788. The third-order valence-corrected chi connectivity index (χ3v) is 4.97. The highest BCUT2D eigenvalue weighted by molar-refractivity contribution is 5.91. The summed E-state index contributed by atoms with van der Waals surface area (Å²) in [7, 11) is 1.63. The fourth-order valence-corrected chi connectivity index (χ4v) is 3.63. The van der Waals surface area contributed by atoms with Crippen LogP contribution in [0.1, 0.15) is 31.2 Å². The number of rotatable bonds is 5. The number of fused-ring (bicyclic) bond motifs is 1. The smallest absolute Gasteiger partial charge is 0.224 e. The molecular weight excluding hydrogens is 316 g/mol. The number of carbonyl (C=O) groups excluding carboxylic acids is 2. The number of ether oxygens (including phenoxy) is 1. The van der Waals surface area contributed by atoms with Gasteiger partial charge in [-0.2, -0.15) is 0 Å². The van der Waals surface area contributed by atoms with Crippen molar-refractivity contribution >= 4 is 22.6 Å². The van der Waals surface area contributed by atoms with Crippen LogP contribution in [-0.2, 0) is 16.0 Å². The van der Waals surface area contributed by atoms with E-state index < -0.39 is 0 Å². The first-order valence-electron chi connectivity index (χ1n) is 8.71. The number of carbonyl (C=O) groups is 2. The first-order chi connectivity index (χ1) is 12.1. The number of benzene rings is 2. The summed E-state index contributed by atoms with van der Waals surface area (Å²) < 4.78 is 5.29. The second-order valence-corrected chi connectivity index (χ2v) is 6.71. The Labute approximate surface area is 147 Å². The summed E-state index contributed by atoms with van der Waals surface area (Å²) in [5.74, 6) is 0.364. The monoisotopic (exact) mass is 340 g/mol. The lowest BCUT2D eigenvalue weighted by molar-refractivity contribution is -0.125. The Morgan fingerprint density at radius 1 is 1.24 bits per heavy atom. The zero-order chi connectivity index (χ0) is 17.8. The fraction of sp³-hybridized carbons (Fsp3) is 0.400. The molecule has 0 spiro atoms. The fourth-order valence-electron chi connectivity index (χ4n) is 3.63. The normalized spacial score (nSPS) is 20.2. The van der Waals surface area contributed by atoms with Crippen molar-refractivity contribution in [3.63, 3.8) is 0 Å². The highest BCUT2D eigenvalue weighted by Gasteiger charge is 2.26. The molecule has 25 heavy (non-hydrogen) atoms. The quantitative estimate of drug-likeness (QED) is 0.877. The van der Waals surface area contributed by atoms with Crippen molar-refractivity contribution in [1.82, 2.24) is 5.32 Å². The molecule has 0 unspecified atom stereocenters. The van der Waals surface area contributed by atoms with Crippen molar-refractivity contribution in [3.05, 3.63) is 42.0 Å². The minimum atomic E-state index is -0.264. The second kappa shape index (κ2) is 7.55. The van der Waals surface area contributed by atoms with Crippen LogP contribution < -0.4 is 15.8 Å². The van der Waals surface area contributed by atoms with Gasteiger partial charge in [0.15, 0.2) is 0 Å². The Morgan fingerprint density at radius 3 is 2.84 bits per heavy atom. The van der Waals surface area contributed by atoms with Crippen molar-refractivity contribution in [3.8, 4) is 5.75 Å². The van der Waals surface area contributed by atoms with Crippen molar-refractivity contribution < 1.29 is 14.3 Å². The SMILES string of the molecule is COc1ccc2cccc(CC(=O)N[C@H]3CCC[C@H](C(N)=O)C3)c2c1. The highest BCUT2D eigenvalue weighted by atomic mass is 16.5. The van der Waals surface area contributed by atoms with Crippen molar-refractivity contribution in [1.29, 1.82) is 0 Å². The zero-order valence-corrected chi connectivity index (χ0v) is 14.5. The van der Waals surface area contributed by atoms with Gasteiger partial charge in [0.05, 0.1) is 13.5 Å². The number of nitrogens with two attached hydrogens (primary N) is 1. The molecule has 3 rings (SSSR count). The van der Waals surface area contributed by atoms with Crippen LogP contribution >= 0.6 is 0 Å². The molecule has 0 heterocycles. The van der Waals surface area contributed by atoms with Gasteiger partial charge in [-0.25, -0.2) is 0 Å². The molecule has 5 nitrogen and oxygen atoms in total. The molecule has 132 valence electrons. The van der Waals surface area contributed by atoms with E-state index in [1.54, 1.807) is 7.11 Å². The van der Waals surface area contributed by atoms with Gasteiger partial charge in [0.1, 0.15) is 5.75 Å². The molecule has 2 aromatic carbocycles. The van der Waals surface area contributed by atoms with Crippen LogP contribution in [0.25, 0.3) is 10.8 Å². The van der Waals surface area contributed by atoms with Crippen molar-refractivity contribution in [2.24, 2.45) is 11.7 Å². The average molecular weight is 340 g/mol. The Balaban J connectivity index is 1.70. The Morgan fingerprint density at radius 2 is 2.08 bits per heavy atom. The highest BCUT2D eigenvalue weighted by Crippen LogP contribution is 2.26. The van der Waals surface area contributed by atoms with Crippen LogP contribution in [0.3, 0.4) is 0 Å². The van der Waals surface area contributed by atoms with Gasteiger partial charge < -0.3 is 15.8 Å². The van der Waals surface area contributed by atoms with Crippen LogP contribution in [0.5, 0.6) is 5.75 Å². The van der Waals surface area contributed by atoms with E-state index in [0.29, 0.717) is 12.8 Å². The topological polar surface area (TPSA) is 81.4 Å². The van der Waals surface area contributed by atoms with Gasteiger partial charge in [0.25, 0.3) is 0 Å². The first-order valence-corrected chi connectivity index (χ1v) is 8.71. The van der Waals surface area contributed by atoms with E-state index in [0.717, 1.165) is 41.3 Å². The third-order valence-electron chi connectivity index (χ3n) is 4.97. The largest absolute Gasteiger partial charge is 0.497 e. The Hall–Kier alpha value is -2.56. The van der Waals surface area contributed by atoms with Crippen LogP contribution in [0.4, 0.5) is 0 Å². The summed E-state index contributed by atoms with van der Waals surface area (Å²) in [6.07, 6.45) is 3.60. The molecule has 2 atom stereocenters. The maximum absolute atomic E-state index is 12.5. The Kier molecular flexibility index (Phi) is 5.22. The molecule has 1 aliphatic carbocycles. The minimum Gasteiger partial charge on any atom is -0.497 e. The van der Waals surface area contributed by atoms with Gasteiger partial charge in [0.2, 0.25) is 11.8 Å². The lowest BCUT2D eigenvalue weighted by Gasteiger charge is -2.28. The predicted molar refractivity (Wildman–Crippen MR) is 97.3 cm³/mol. The van der Waals surface area contributed by atoms with Gasteiger partial charge in [-0.3, -0.25) is 9.59 Å². The maximum atomic E-state index is 12.5. The zero-order valence-electron chi connectivity index (χ0n) is 14.5. The van der Waals surface area contributed by atoms with Crippen LogP contribution in [0.2, 0.25) is 0 Å². The molecule has 0 radical (unpaired) electrons. The van der Waals surface area contributed by atoms with Crippen LogP contribution in [-0.4, -0.2) is 25.0 Å². The predicted octanol–water partition coefficient (Wildman–Crippen LogP) is 2.55. The molecule has 0 aromatic heterocycles. The van der Waals surface area contributed by atoms with Gasteiger partial charge in [-0.1, -0.05) is 30.7 Å². The minimum absolute atomic E-state index is 0.0227. The molecule has 1 fully saturated rings. The van der Waals surface area contributed by atoms with Crippen molar-refractivity contribution in [2.45, 2.75) is 38.1 Å². The molecule has 2 aromatic rings. The number of methoxy groups -OCH3 is 1. The first kappa shape index (κ1) is 17.3. The van der Waals surface area contributed by atoms with Crippen LogP contribution in [0, 0.1) is 5.92 Å². The van der Waals surface area contributed by atoms with E-state index in [2.05, 4.69) is 5.32 Å². The second-order valence-electron chi connectivity index (χ2n) is 6.71. The van der Waals surface area contributed by atoms with Crippen molar-refractivity contribution in [2.75, 3.05) is 7.11 Å². The van der Waals surface area contributed by atoms with Gasteiger partial charge in [0, 0.05) is 12.0 Å². The standard InChI is InChI=1S/C20H24N2O3/c1-25-17-9-8-13-4-2-5-14(18(13)12-17)11-19(23)22-16-7-3-6-15(10-16)20(21)24/h2,4-5,8-9,12,15-16H,3,6-7,10-11H2,1H3,(H2,21,24)(H,22,23)/t15-,16-/m0/s1. The number of nitrogens with one attached hydrogen (secondary N) is 1. The third kappa shape index (κ3) is 4.10. The number of amides is 2. The van der Waals surface area contributed by atoms with Crippen LogP contribution in [0.15, 0.2) is 36.4 Å². The van der Waals surface area contributed by atoms with E-state index >= 15 is 0 Å². The van der Waals surface area contributed by atoms with Gasteiger partial charge in [-0.15, -0.1) is 0 Å². The van der Waals surface area contributed by atoms with E-state index in [4.69, 9.17) is 10.5 Å². The summed E-state index contributed by atoms with van der Waals surface area (Å²) in [6.45, 7) is 0. The summed E-state index contributed by atoms with van der Waals surface area (Å²) in [5, 5.41) is 5.17. The number of hydrogen-bond acceptors (Lipinski definition) is 3. The molecule has 0 bridgehead atoms. The summed E-state index contributed by atoms with van der Waals surface area (Å²) in [6, 6.07) is 11.8. The summed E-state index contributed by atoms with van der Waals surface area (Å²) in [5.41, 5.74) is 6.38. The molecule has 0 saturated heterocycles. The summed E-state index contributed by atoms with van der Waals surface area (Å²) in [4.78, 5) is 23.9. The summed E-state index contributed by atoms with van der Waals surface area (Å²) >= 11 is 0. The molecule has 2 amide bonds. The van der Waals surface area contributed by atoms with Gasteiger partial charge >= 0.3 is 0 Å². The van der Waals surface area contributed by atoms with E-state index in [-0.39, 0.29) is 23.8 Å². The molecule has 5 heteroatoms. The lowest BCUT2D eigenvalue weighted by Crippen LogP contribution is -2.41. The van der Waals surface area contributed by atoms with E-state index in [1.807, 2.05) is 36.4 Å². The van der Waals surface area contributed by atoms with Gasteiger partial charge in [-0.05, 0) is 47.7 Å². The molecular formula is C20H24N2O3. The molecule has 0 aliphatic heterocycles. The molecule has 1 aliphatic rings. The number of hydrogen-bond donors (Lipinski definition) is 2. The van der Waals surface area contributed by atoms with E-state index in [9.17, 15) is 9.59 Å². The van der Waals surface area contributed by atoms with E-state index in [1.165, 1.54) is 0 Å². The lowest BCUT2D eigenvalue weighted by atomic mass is 9.85. The molecule has 1 saturated carbocycles.